The lowest BCUT2D eigenvalue weighted by atomic mass is 10.0. The van der Waals surface area contributed by atoms with E-state index in [-0.39, 0.29) is 11.5 Å². The molecule has 2 N–H and O–H groups in total. The van der Waals surface area contributed by atoms with Crippen LogP contribution < -0.4 is 5.73 Å². The van der Waals surface area contributed by atoms with Crippen molar-refractivity contribution >= 4 is 11.9 Å². The number of nitrogen functional groups attached to an aromatic ring is 1. The number of halogens is 1. The second kappa shape index (κ2) is 9.14. The molecule has 3 aromatic rings. The van der Waals surface area contributed by atoms with E-state index in [1.807, 2.05) is 26.0 Å². The van der Waals surface area contributed by atoms with Gasteiger partial charge in [-0.1, -0.05) is 31.8 Å². The number of nitrogens with two attached hydrogens (primary N) is 1. The number of benzene rings is 1. The lowest BCUT2D eigenvalue weighted by Crippen LogP contribution is -2.07. The first-order valence-corrected chi connectivity index (χ1v) is 9.48. The van der Waals surface area contributed by atoms with Crippen LogP contribution in [-0.2, 0) is 17.6 Å². The van der Waals surface area contributed by atoms with Crippen molar-refractivity contribution in [2.24, 2.45) is 0 Å². The lowest BCUT2D eigenvalue weighted by Gasteiger charge is -2.10. The van der Waals surface area contributed by atoms with Gasteiger partial charge in [0.2, 0.25) is 5.95 Å². The summed E-state index contributed by atoms with van der Waals surface area (Å²) in [5.74, 6) is 4.77. The molecule has 3 rings (SSSR count). The average molecular weight is 404 g/mol. The Hall–Kier alpha value is -3.79. The molecule has 0 aliphatic rings. The Kier molecular flexibility index (Phi) is 6.38. The fraction of sp³-hybridized carbons (Fsp3) is 0.217. The number of methoxy groups -OCH3 is 1. The summed E-state index contributed by atoms with van der Waals surface area (Å²) in [6.07, 6.45) is 3.12. The van der Waals surface area contributed by atoms with Crippen molar-refractivity contribution in [3.63, 3.8) is 0 Å². The van der Waals surface area contributed by atoms with Gasteiger partial charge in [-0.05, 0) is 37.1 Å². The molecule has 30 heavy (non-hydrogen) atoms. The van der Waals surface area contributed by atoms with Crippen molar-refractivity contribution in [2.45, 2.75) is 26.7 Å². The Morgan fingerprint density at radius 1 is 1.13 bits per heavy atom. The average Bonchev–Trinajstić information content (AvgIpc) is 2.77. The number of ether oxygens (including phenoxy) is 1. The first-order chi connectivity index (χ1) is 14.5. The summed E-state index contributed by atoms with van der Waals surface area (Å²) < 4.78 is 19.1. The van der Waals surface area contributed by atoms with Gasteiger partial charge >= 0.3 is 5.97 Å². The molecule has 1 aromatic carbocycles. The number of hydrogen-bond acceptors (Lipinski definition) is 6. The van der Waals surface area contributed by atoms with Crippen molar-refractivity contribution < 1.29 is 13.9 Å². The number of aromatic nitrogens is 3. The molecule has 0 radical (unpaired) electrons. The highest BCUT2D eigenvalue weighted by molar-refractivity contribution is 5.90. The summed E-state index contributed by atoms with van der Waals surface area (Å²) in [6.45, 7) is 3.96. The van der Waals surface area contributed by atoms with Crippen LogP contribution >= 0.6 is 0 Å². The number of esters is 1. The molecule has 0 unspecified atom stereocenters. The Labute approximate surface area is 174 Å². The molecule has 7 heteroatoms. The largest absolute Gasteiger partial charge is 0.465 e. The molecule has 2 aromatic heterocycles. The molecule has 0 amide bonds. The maximum Gasteiger partial charge on any atom is 0.340 e. The van der Waals surface area contributed by atoms with Crippen molar-refractivity contribution in [1.82, 2.24) is 15.0 Å². The molecule has 0 aliphatic heterocycles. The smallest absolute Gasteiger partial charge is 0.340 e. The van der Waals surface area contributed by atoms with Gasteiger partial charge in [0.15, 0.2) is 0 Å². The molecule has 0 fully saturated rings. The van der Waals surface area contributed by atoms with E-state index in [1.165, 1.54) is 19.2 Å². The Bertz CT molecular complexity index is 1150. The monoisotopic (exact) mass is 404 g/mol. The highest BCUT2D eigenvalue weighted by atomic mass is 19.1. The molecule has 0 spiro atoms. The third-order valence-corrected chi connectivity index (χ3v) is 4.50. The summed E-state index contributed by atoms with van der Waals surface area (Å²) >= 11 is 0. The van der Waals surface area contributed by atoms with Gasteiger partial charge in [-0.3, -0.25) is 4.98 Å². The van der Waals surface area contributed by atoms with E-state index in [0.29, 0.717) is 28.9 Å². The number of carbonyl (C=O) groups excluding carboxylic acids is 1. The van der Waals surface area contributed by atoms with Crippen LogP contribution in [0.5, 0.6) is 0 Å². The number of aryl methyl sites for hydroxylation is 2. The molecule has 0 aliphatic carbocycles. The fourth-order valence-corrected chi connectivity index (χ4v) is 2.90. The number of pyridine rings is 1. The molecule has 0 atom stereocenters. The van der Waals surface area contributed by atoms with Crippen LogP contribution in [0.4, 0.5) is 10.3 Å². The standard InChI is InChI=1S/C23H21FN4O2/c1-4-16-9-6-14(13-26-16)7-10-18-20(5-2)27-23(25)28-21(18)15-8-11-17(19(24)12-15)22(29)30-3/h6,8-9,11-13H,4-5H2,1-3H3,(H2,25,27,28). The zero-order chi connectivity index (χ0) is 21.7. The zero-order valence-corrected chi connectivity index (χ0v) is 17.0. The molecular formula is C23H21FN4O2. The Morgan fingerprint density at radius 3 is 2.53 bits per heavy atom. The number of rotatable bonds is 4. The summed E-state index contributed by atoms with van der Waals surface area (Å²) in [7, 11) is 1.20. The van der Waals surface area contributed by atoms with Crippen molar-refractivity contribution in [2.75, 3.05) is 12.8 Å². The highest BCUT2D eigenvalue weighted by Crippen LogP contribution is 2.26. The number of hydrogen-bond donors (Lipinski definition) is 1. The second-order valence-electron chi connectivity index (χ2n) is 6.43. The Balaban J connectivity index is 2.12. The van der Waals surface area contributed by atoms with Gasteiger partial charge in [-0.2, -0.15) is 0 Å². The molecular weight excluding hydrogens is 383 g/mol. The Morgan fingerprint density at radius 2 is 1.93 bits per heavy atom. The van der Waals surface area contributed by atoms with E-state index >= 15 is 0 Å². The van der Waals surface area contributed by atoms with Crippen LogP contribution in [0.25, 0.3) is 11.3 Å². The predicted molar refractivity (Wildman–Crippen MR) is 112 cm³/mol. The van der Waals surface area contributed by atoms with Gasteiger partial charge in [0.1, 0.15) is 5.82 Å². The third-order valence-electron chi connectivity index (χ3n) is 4.50. The van der Waals surface area contributed by atoms with Crippen LogP contribution in [0.1, 0.15) is 46.7 Å². The van der Waals surface area contributed by atoms with E-state index in [4.69, 9.17) is 5.73 Å². The molecule has 6 nitrogen and oxygen atoms in total. The number of carbonyl (C=O) groups is 1. The molecule has 0 saturated heterocycles. The maximum atomic E-state index is 14.5. The predicted octanol–water partition coefficient (Wildman–Crippen LogP) is 3.57. The van der Waals surface area contributed by atoms with E-state index in [1.54, 1.807) is 12.3 Å². The lowest BCUT2D eigenvalue weighted by molar-refractivity contribution is 0.0595. The molecule has 2 heterocycles. The van der Waals surface area contributed by atoms with E-state index < -0.39 is 11.8 Å². The zero-order valence-electron chi connectivity index (χ0n) is 17.0. The van der Waals surface area contributed by atoms with Crippen molar-refractivity contribution in [1.29, 1.82) is 0 Å². The minimum Gasteiger partial charge on any atom is -0.465 e. The van der Waals surface area contributed by atoms with Crippen molar-refractivity contribution in [3.8, 4) is 23.1 Å². The normalized spacial score (nSPS) is 10.3. The summed E-state index contributed by atoms with van der Waals surface area (Å²) in [5.41, 5.74) is 9.48. The van der Waals surface area contributed by atoms with Crippen LogP contribution in [0.2, 0.25) is 0 Å². The minimum absolute atomic E-state index is 0.0683. The highest BCUT2D eigenvalue weighted by Gasteiger charge is 2.17. The summed E-state index contributed by atoms with van der Waals surface area (Å²) in [4.78, 5) is 24.6. The number of anilines is 1. The van der Waals surface area contributed by atoms with Gasteiger partial charge < -0.3 is 10.5 Å². The van der Waals surface area contributed by atoms with E-state index in [0.717, 1.165) is 17.7 Å². The van der Waals surface area contributed by atoms with Crippen molar-refractivity contribution in [3.05, 3.63) is 70.4 Å². The SMILES string of the molecule is CCc1ccc(C#Cc2c(CC)nc(N)nc2-c2ccc(C(=O)OC)c(F)c2)cn1. The topological polar surface area (TPSA) is 91.0 Å². The van der Waals surface area contributed by atoms with Crippen LogP contribution in [-0.4, -0.2) is 28.0 Å². The minimum atomic E-state index is -0.751. The molecule has 152 valence electrons. The van der Waals surface area contributed by atoms with Gasteiger partial charge in [0.25, 0.3) is 0 Å². The fourth-order valence-electron chi connectivity index (χ4n) is 2.90. The van der Waals surface area contributed by atoms with E-state index in [2.05, 4.69) is 31.5 Å². The third kappa shape index (κ3) is 4.44. The quantitative estimate of drug-likeness (QED) is 0.528. The first-order valence-electron chi connectivity index (χ1n) is 9.48. The van der Waals surface area contributed by atoms with Gasteiger partial charge in [0.05, 0.1) is 29.6 Å². The summed E-state index contributed by atoms with van der Waals surface area (Å²) in [6, 6.07) is 7.97. The summed E-state index contributed by atoms with van der Waals surface area (Å²) in [5, 5.41) is 0. The van der Waals surface area contributed by atoms with Gasteiger partial charge in [-0.25, -0.2) is 19.2 Å². The van der Waals surface area contributed by atoms with Gasteiger partial charge in [-0.15, -0.1) is 0 Å². The second-order valence-corrected chi connectivity index (χ2v) is 6.43. The first kappa shape index (κ1) is 20.9. The van der Waals surface area contributed by atoms with Crippen LogP contribution in [0, 0.1) is 17.7 Å². The van der Waals surface area contributed by atoms with Gasteiger partial charge in [0, 0.05) is 23.0 Å². The van der Waals surface area contributed by atoms with Crippen LogP contribution in [0.15, 0.2) is 36.5 Å². The van der Waals surface area contributed by atoms with E-state index in [9.17, 15) is 9.18 Å². The molecule has 0 bridgehead atoms. The number of nitrogens with zero attached hydrogens (tertiary/aromatic N) is 3. The maximum absolute atomic E-state index is 14.5. The molecule has 0 saturated carbocycles. The van der Waals surface area contributed by atoms with Crippen LogP contribution in [0.3, 0.4) is 0 Å².